The van der Waals surface area contributed by atoms with Gasteiger partial charge in [-0.2, -0.15) is 5.10 Å². The minimum Gasteiger partial charge on any atom is -0.409 e. The highest BCUT2D eigenvalue weighted by molar-refractivity contribution is 6.07. The van der Waals surface area contributed by atoms with Gasteiger partial charge < -0.3 is 16.3 Å². The van der Waals surface area contributed by atoms with E-state index in [4.69, 9.17) is 10.9 Å². The molecule has 1 aromatic heterocycles. The Balaban J connectivity index is 1.99. The maximum Gasteiger partial charge on any atom is 0.234 e. The molecule has 0 unspecified atom stereocenters. The van der Waals surface area contributed by atoms with Gasteiger partial charge in [-0.1, -0.05) is 11.6 Å². The lowest BCUT2D eigenvalue weighted by molar-refractivity contribution is -0.131. The van der Waals surface area contributed by atoms with Crippen molar-refractivity contribution >= 4 is 11.7 Å². The maximum absolute atomic E-state index is 12.1. The number of aryl methyl sites for hydroxylation is 1. The first-order valence-electron chi connectivity index (χ1n) is 5.82. The summed E-state index contributed by atoms with van der Waals surface area (Å²) < 4.78 is 1.67. The van der Waals surface area contributed by atoms with Gasteiger partial charge in [0.15, 0.2) is 5.84 Å². The van der Waals surface area contributed by atoms with Crippen molar-refractivity contribution in [3.63, 3.8) is 0 Å². The van der Waals surface area contributed by atoms with Crippen molar-refractivity contribution < 1.29 is 10.0 Å². The summed E-state index contributed by atoms with van der Waals surface area (Å²) in [6.45, 7) is 0.396. The molecule has 0 radical (unpaired) electrons. The van der Waals surface area contributed by atoms with Crippen LogP contribution in [-0.2, 0) is 18.4 Å². The third-order valence-corrected chi connectivity index (χ3v) is 3.45. The van der Waals surface area contributed by atoms with E-state index in [2.05, 4.69) is 15.6 Å². The monoisotopic (exact) mass is 251 g/mol. The van der Waals surface area contributed by atoms with Crippen LogP contribution in [0.3, 0.4) is 0 Å². The Hall–Kier alpha value is -2.05. The first-order valence-corrected chi connectivity index (χ1v) is 5.82. The van der Waals surface area contributed by atoms with Crippen LogP contribution < -0.4 is 11.1 Å². The van der Waals surface area contributed by atoms with Crippen LogP contribution in [0.4, 0.5) is 0 Å². The van der Waals surface area contributed by atoms with Gasteiger partial charge in [0.2, 0.25) is 5.91 Å². The van der Waals surface area contributed by atoms with E-state index >= 15 is 0 Å². The molecular weight excluding hydrogens is 234 g/mol. The summed E-state index contributed by atoms with van der Waals surface area (Å²) in [6.07, 6.45) is 5.69. The Morgan fingerprint density at radius 2 is 2.44 bits per heavy atom. The molecule has 1 saturated carbocycles. The van der Waals surface area contributed by atoms with Crippen LogP contribution in [0, 0.1) is 5.41 Å². The van der Waals surface area contributed by atoms with Gasteiger partial charge in [0.1, 0.15) is 5.41 Å². The summed E-state index contributed by atoms with van der Waals surface area (Å²) >= 11 is 0. The number of nitrogens with zero attached hydrogens (tertiary/aromatic N) is 3. The zero-order chi connectivity index (χ0) is 13.2. The Bertz CT molecular complexity index is 476. The number of amidine groups is 1. The first kappa shape index (κ1) is 12.4. The molecule has 0 aliphatic heterocycles. The van der Waals surface area contributed by atoms with E-state index in [-0.39, 0.29) is 11.7 Å². The second-order valence-corrected chi connectivity index (χ2v) is 4.63. The van der Waals surface area contributed by atoms with Crippen LogP contribution in [0.2, 0.25) is 0 Å². The topological polar surface area (TPSA) is 106 Å². The van der Waals surface area contributed by atoms with Crippen LogP contribution in [0.1, 0.15) is 24.8 Å². The van der Waals surface area contributed by atoms with E-state index in [1.165, 1.54) is 0 Å². The molecule has 0 spiro atoms. The molecule has 1 aliphatic rings. The lowest BCUT2D eigenvalue weighted by Gasteiger charge is -2.38. The summed E-state index contributed by atoms with van der Waals surface area (Å²) in [5, 5.41) is 18.5. The smallest absolute Gasteiger partial charge is 0.234 e. The molecule has 1 aliphatic carbocycles. The molecule has 0 bridgehead atoms. The highest BCUT2D eigenvalue weighted by Gasteiger charge is 2.48. The summed E-state index contributed by atoms with van der Waals surface area (Å²) in [6, 6.07) is 0. The molecule has 0 atom stereocenters. The molecule has 4 N–H and O–H groups in total. The average Bonchev–Trinajstić information content (AvgIpc) is 2.70. The van der Waals surface area contributed by atoms with Gasteiger partial charge in [0.25, 0.3) is 0 Å². The molecule has 0 aromatic carbocycles. The summed E-state index contributed by atoms with van der Waals surface area (Å²) in [5.41, 5.74) is 5.70. The maximum atomic E-state index is 12.1. The highest BCUT2D eigenvalue weighted by Crippen LogP contribution is 2.41. The molecule has 0 saturated heterocycles. The molecule has 98 valence electrons. The number of hydrogen-bond donors (Lipinski definition) is 3. The number of nitrogens with one attached hydrogen (secondary N) is 1. The Kier molecular flexibility index (Phi) is 3.22. The minimum atomic E-state index is -0.822. The molecule has 7 nitrogen and oxygen atoms in total. The molecule has 7 heteroatoms. The van der Waals surface area contributed by atoms with Crippen LogP contribution >= 0.6 is 0 Å². The average molecular weight is 251 g/mol. The number of amides is 1. The molecule has 1 amide bonds. The van der Waals surface area contributed by atoms with Crippen LogP contribution in [-0.4, -0.2) is 26.7 Å². The van der Waals surface area contributed by atoms with Crippen LogP contribution in [0.5, 0.6) is 0 Å². The molecule has 1 aromatic rings. The van der Waals surface area contributed by atoms with E-state index in [0.29, 0.717) is 19.4 Å². The van der Waals surface area contributed by atoms with Crippen LogP contribution in [0.25, 0.3) is 0 Å². The van der Waals surface area contributed by atoms with Gasteiger partial charge in [-0.3, -0.25) is 9.48 Å². The van der Waals surface area contributed by atoms with Crippen molar-refractivity contribution in [3.8, 4) is 0 Å². The second-order valence-electron chi connectivity index (χ2n) is 4.63. The van der Waals surface area contributed by atoms with E-state index in [1.807, 2.05) is 13.2 Å². The quantitative estimate of drug-likeness (QED) is 0.302. The fourth-order valence-corrected chi connectivity index (χ4v) is 2.14. The van der Waals surface area contributed by atoms with Crippen molar-refractivity contribution in [1.82, 2.24) is 15.1 Å². The predicted molar refractivity (Wildman–Crippen MR) is 64.7 cm³/mol. The van der Waals surface area contributed by atoms with E-state index in [9.17, 15) is 4.79 Å². The number of carbonyl (C=O) groups excluding carboxylic acids is 1. The van der Waals surface area contributed by atoms with Gasteiger partial charge >= 0.3 is 0 Å². The van der Waals surface area contributed by atoms with Gasteiger partial charge in [-0.15, -0.1) is 0 Å². The fourth-order valence-electron chi connectivity index (χ4n) is 2.14. The zero-order valence-corrected chi connectivity index (χ0v) is 10.3. The summed E-state index contributed by atoms with van der Waals surface area (Å²) in [4.78, 5) is 12.1. The standard InChI is InChI=1S/C11H17N5O2/c1-16-7-8(6-14-16)5-13-10(17)11(3-2-4-11)9(12)15-18/h6-7,18H,2-5H2,1H3,(H2,12,15)(H,13,17). The fraction of sp³-hybridized carbons (Fsp3) is 0.545. The Morgan fingerprint density at radius 3 is 2.89 bits per heavy atom. The van der Waals surface area contributed by atoms with Crippen molar-refractivity contribution in [2.24, 2.45) is 23.4 Å². The second kappa shape index (κ2) is 4.67. The molecular formula is C11H17N5O2. The van der Waals surface area contributed by atoms with E-state index in [0.717, 1.165) is 12.0 Å². The normalized spacial score (nSPS) is 18.2. The lowest BCUT2D eigenvalue weighted by Crippen LogP contribution is -2.53. The number of aromatic nitrogens is 2. The van der Waals surface area contributed by atoms with Crippen LogP contribution in [0.15, 0.2) is 17.5 Å². The largest absolute Gasteiger partial charge is 0.409 e. The number of rotatable bonds is 4. The zero-order valence-electron chi connectivity index (χ0n) is 10.3. The van der Waals surface area contributed by atoms with Gasteiger partial charge in [-0.05, 0) is 12.8 Å². The minimum absolute atomic E-state index is 0.00237. The van der Waals surface area contributed by atoms with Gasteiger partial charge in [0.05, 0.1) is 6.20 Å². The molecule has 1 fully saturated rings. The SMILES string of the molecule is Cn1cc(CNC(=O)C2(/C(N)=N/O)CCC2)cn1. The molecule has 18 heavy (non-hydrogen) atoms. The highest BCUT2D eigenvalue weighted by atomic mass is 16.4. The predicted octanol–water partition coefficient (Wildman–Crippen LogP) is -0.0470. The first-order chi connectivity index (χ1) is 8.58. The third kappa shape index (κ3) is 2.03. The van der Waals surface area contributed by atoms with Crippen molar-refractivity contribution in [2.75, 3.05) is 0 Å². The Morgan fingerprint density at radius 1 is 1.72 bits per heavy atom. The summed E-state index contributed by atoms with van der Waals surface area (Å²) in [5.74, 6) is -0.190. The molecule has 1 heterocycles. The number of nitrogens with two attached hydrogens (primary N) is 1. The van der Waals surface area contributed by atoms with Gasteiger partial charge in [-0.25, -0.2) is 0 Å². The van der Waals surface area contributed by atoms with Crippen molar-refractivity contribution in [2.45, 2.75) is 25.8 Å². The van der Waals surface area contributed by atoms with Crippen molar-refractivity contribution in [1.29, 1.82) is 0 Å². The molecule has 2 rings (SSSR count). The number of oxime groups is 1. The number of carbonyl (C=O) groups is 1. The van der Waals surface area contributed by atoms with E-state index in [1.54, 1.807) is 10.9 Å². The Labute approximate surface area is 105 Å². The summed E-state index contributed by atoms with van der Waals surface area (Å²) in [7, 11) is 1.81. The van der Waals surface area contributed by atoms with E-state index < -0.39 is 5.41 Å². The third-order valence-electron chi connectivity index (χ3n) is 3.45. The lowest BCUT2D eigenvalue weighted by atomic mass is 9.67. The van der Waals surface area contributed by atoms with Crippen molar-refractivity contribution in [3.05, 3.63) is 18.0 Å². The number of hydrogen-bond acceptors (Lipinski definition) is 4. The van der Waals surface area contributed by atoms with Gasteiger partial charge in [0, 0.05) is 25.4 Å².